The number of rotatable bonds is 5. The molecule has 0 spiro atoms. The third kappa shape index (κ3) is 3.89. The van der Waals surface area contributed by atoms with E-state index < -0.39 is 5.91 Å². The monoisotopic (exact) mass is 455 g/mol. The van der Waals surface area contributed by atoms with Gasteiger partial charge in [-0.25, -0.2) is 9.97 Å². The molecule has 4 aromatic rings. The minimum atomic E-state index is -0.425. The molecule has 9 heteroatoms. The predicted molar refractivity (Wildman–Crippen MR) is 123 cm³/mol. The molecule has 7 nitrogen and oxygen atoms in total. The van der Waals surface area contributed by atoms with Crippen molar-refractivity contribution in [3.8, 4) is 5.75 Å². The summed E-state index contributed by atoms with van der Waals surface area (Å²) in [7, 11) is 1.50. The number of ether oxygens (including phenoxy) is 1. The van der Waals surface area contributed by atoms with Crippen molar-refractivity contribution in [2.75, 3.05) is 18.2 Å². The normalized spacial score (nSPS) is 11.0. The molecule has 0 saturated carbocycles. The number of amides is 1. The molecule has 0 bridgehead atoms. The minimum absolute atomic E-state index is 0.216. The van der Waals surface area contributed by atoms with E-state index in [0.717, 1.165) is 11.1 Å². The molecular formula is C22H19Cl2N5O2. The summed E-state index contributed by atoms with van der Waals surface area (Å²) in [6.07, 6.45) is 3.03. The Morgan fingerprint density at radius 3 is 2.65 bits per heavy atom. The first-order valence-electron chi connectivity index (χ1n) is 9.38. The molecule has 0 aliphatic rings. The van der Waals surface area contributed by atoms with E-state index in [2.05, 4.69) is 15.3 Å². The predicted octanol–water partition coefficient (Wildman–Crippen LogP) is 4.94. The number of anilines is 2. The lowest BCUT2D eigenvalue weighted by atomic mass is 10.2. The van der Waals surface area contributed by atoms with E-state index in [1.54, 1.807) is 19.2 Å². The number of nitrogens with one attached hydrogen (secondary N) is 1. The van der Waals surface area contributed by atoms with Crippen LogP contribution in [0.4, 0.5) is 11.5 Å². The SMILES string of the molecule is COc1cc(C)c(Cl)c(NC(=O)c2cn(Cc3ccccc3)c3c(N)ncnc23)c1Cl. The smallest absolute Gasteiger partial charge is 0.259 e. The summed E-state index contributed by atoms with van der Waals surface area (Å²) in [5.74, 6) is 0.275. The number of carbonyl (C=O) groups excluding carboxylic acids is 1. The van der Waals surface area contributed by atoms with Gasteiger partial charge in [-0.15, -0.1) is 0 Å². The third-order valence-corrected chi connectivity index (χ3v) is 5.79. The Hall–Kier alpha value is -3.29. The highest BCUT2D eigenvalue weighted by atomic mass is 35.5. The van der Waals surface area contributed by atoms with E-state index >= 15 is 0 Å². The van der Waals surface area contributed by atoms with Crippen molar-refractivity contribution in [3.63, 3.8) is 0 Å². The van der Waals surface area contributed by atoms with E-state index in [1.807, 2.05) is 34.9 Å². The molecule has 2 aromatic carbocycles. The average molecular weight is 456 g/mol. The van der Waals surface area contributed by atoms with Gasteiger partial charge in [0.2, 0.25) is 0 Å². The van der Waals surface area contributed by atoms with Crippen LogP contribution in [0.5, 0.6) is 5.75 Å². The molecule has 0 aliphatic heterocycles. The molecular weight excluding hydrogens is 437 g/mol. The molecule has 2 aromatic heterocycles. The zero-order valence-electron chi connectivity index (χ0n) is 16.8. The van der Waals surface area contributed by atoms with E-state index in [4.69, 9.17) is 33.7 Å². The summed E-state index contributed by atoms with van der Waals surface area (Å²) in [5, 5.41) is 3.35. The lowest BCUT2D eigenvalue weighted by Crippen LogP contribution is -2.13. The Kier molecular flexibility index (Phi) is 5.71. The number of hydrogen-bond acceptors (Lipinski definition) is 5. The van der Waals surface area contributed by atoms with Gasteiger partial charge in [-0.3, -0.25) is 4.79 Å². The van der Waals surface area contributed by atoms with Gasteiger partial charge < -0.3 is 20.4 Å². The maximum atomic E-state index is 13.2. The molecule has 0 radical (unpaired) electrons. The third-order valence-electron chi connectivity index (χ3n) is 4.93. The number of carbonyl (C=O) groups is 1. The van der Waals surface area contributed by atoms with Crippen molar-refractivity contribution in [1.82, 2.24) is 14.5 Å². The van der Waals surface area contributed by atoms with Crippen LogP contribution in [0.25, 0.3) is 11.0 Å². The second-order valence-corrected chi connectivity index (χ2v) is 7.72. The zero-order chi connectivity index (χ0) is 22.1. The van der Waals surface area contributed by atoms with Gasteiger partial charge in [-0.2, -0.15) is 0 Å². The Balaban J connectivity index is 1.78. The first-order valence-corrected chi connectivity index (χ1v) is 10.1. The van der Waals surface area contributed by atoms with E-state index in [1.165, 1.54) is 13.4 Å². The number of hydrogen-bond donors (Lipinski definition) is 2. The Morgan fingerprint density at radius 1 is 1.19 bits per heavy atom. The van der Waals surface area contributed by atoms with E-state index in [-0.39, 0.29) is 16.5 Å². The van der Waals surface area contributed by atoms with Crippen LogP contribution in [0, 0.1) is 6.92 Å². The van der Waals surface area contributed by atoms with E-state index in [0.29, 0.717) is 33.9 Å². The minimum Gasteiger partial charge on any atom is -0.495 e. The van der Waals surface area contributed by atoms with Gasteiger partial charge in [0.25, 0.3) is 5.91 Å². The van der Waals surface area contributed by atoms with Crippen LogP contribution in [0.15, 0.2) is 48.9 Å². The second kappa shape index (κ2) is 8.45. The average Bonchev–Trinajstić information content (AvgIpc) is 3.14. The standard InChI is InChI=1S/C22H19Cl2N5O2/c1-12-8-15(31-2)17(24)19(16(12)23)28-22(30)14-10-29(9-13-6-4-3-5-7-13)20-18(14)26-11-27-21(20)25/h3-8,10-11H,9H2,1-2H3,(H,28,30)(H2,25,26,27). The zero-order valence-corrected chi connectivity index (χ0v) is 18.3. The van der Waals surface area contributed by atoms with Crippen LogP contribution in [-0.2, 0) is 6.54 Å². The maximum absolute atomic E-state index is 13.2. The van der Waals surface area contributed by atoms with Gasteiger partial charge in [0, 0.05) is 12.7 Å². The number of halogens is 2. The van der Waals surface area contributed by atoms with Crippen LogP contribution in [0.1, 0.15) is 21.5 Å². The van der Waals surface area contributed by atoms with Crippen LogP contribution in [-0.4, -0.2) is 27.6 Å². The molecule has 1 amide bonds. The van der Waals surface area contributed by atoms with Crippen LogP contribution in [0.2, 0.25) is 10.0 Å². The number of nitrogens with two attached hydrogens (primary N) is 1. The summed E-state index contributed by atoms with van der Waals surface area (Å²) in [6.45, 7) is 2.30. The fourth-order valence-electron chi connectivity index (χ4n) is 3.40. The first-order chi connectivity index (χ1) is 14.9. The van der Waals surface area contributed by atoms with Crippen molar-refractivity contribution in [3.05, 3.63) is 75.7 Å². The molecule has 0 aliphatic carbocycles. The Bertz CT molecular complexity index is 1290. The summed E-state index contributed by atoms with van der Waals surface area (Å²) in [4.78, 5) is 21.6. The molecule has 2 heterocycles. The van der Waals surface area contributed by atoms with Crippen LogP contribution in [0.3, 0.4) is 0 Å². The van der Waals surface area contributed by atoms with Crippen molar-refractivity contribution < 1.29 is 9.53 Å². The largest absolute Gasteiger partial charge is 0.495 e. The molecule has 0 fully saturated rings. The molecule has 3 N–H and O–H groups in total. The van der Waals surface area contributed by atoms with Gasteiger partial charge in [-0.05, 0) is 24.1 Å². The Labute approximate surface area is 188 Å². The summed E-state index contributed by atoms with van der Waals surface area (Å²) in [6, 6.07) is 11.5. The number of benzene rings is 2. The fraction of sp³-hybridized carbons (Fsp3) is 0.136. The molecule has 0 atom stereocenters. The number of aromatic nitrogens is 3. The second-order valence-electron chi connectivity index (χ2n) is 6.97. The number of fused-ring (bicyclic) bond motifs is 1. The van der Waals surface area contributed by atoms with E-state index in [9.17, 15) is 4.79 Å². The molecule has 158 valence electrons. The maximum Gasteiger partial charge on any atom is 0.259 e. The van der Waals surface area contributed by atoms with Gasteiger partial charge >= 0.3 is 0 Å². The topological polar surface area (TPSA) is 95.1 Å². The quantitative estimate of drug-likeness (QED) is 0.444. The highest BCUT2D eigenvalue weighted by Gasteiger charge is 2.22. The number of aryl methyl sites for hydroxylation is 1. The number of nitrogens with zero attached hydrogens (tertiary/aromatic N) is 3. The fourth-order valence-corrected chi connectivity index (χ4v) is 3.92. The van der Waals surface area contributed by atoms with Crippen molar-refractivity contribution in [2.45, 2.75) is 13.5 Å². The lowest BCUT2D eigenvalue weighted by molar-refractivity contribution is 0.102. The molecule has 0 saturated heterocycles. The van der Waals surface area contributed by atoms with Crippen LogP contribution >= 0.6 is 23.2 Å². The van der Waals surface area contributed by atoms with Crippen molar-refractivity contribution in [2.24, 2.45) is 0 Å². The lowest BCUT2D eigenvalue weighted by Gasteiger charge is -2.14. The van der Waals surface area contributed by atoms with Crippen molar-refractivity contribution >= 4 is 51.6 Å². The number of nitrogen functional groups attached to an aromatic ring is 1. The van der Waals surface area contributed by atoms with Gasteiger partial charge in [0.1, 0.15) is 28.1 Å². The van der Waals surface area contributed by atoms with Gasteiger partial charge in [0.05, 0.1) is 23.4 Å². The van der Waals surface area contributed by atoms with Gasteiger partial charge in [-0.1, -0.05) is 53.5 Å². The molecule has 0 unspecified atom stereocenters. The summed E-state index contributed by atoms with van der Waals surface area (Å²) >= 11 is 12.8. The van der Waals surface area contributed by atoms with Crippen LogP contribution < -0.4 is 15.8 Å². The first kappa shape index (κ1) is 21.0. The van der Waals surface area contributed by atoms with Crippen molar-refractivity contribution in [1.29, 1.82) is 0 Å². The highest BCUT2D eigenvalue weighted by Crippen LogP contribution is 2.40. The number of methoxy groups -OCH3 is 1. The Morgan fingerprint density at radius 2 is 1.94 bits per heavy atom. The molecule has 4 rings (SSSR count). The van der Waals surface area contributed by atoms with Gasteiger partial charge in [0.15, 0.2) is 5.82 Å². The summed E-state index contributed by atoms with van der Waals surface area (Å²) in [5.41, 5.74) is 9.50. The highest BCUT2D eigenvalue weighted by molar-refractivity contribution is 6.41. The summed E-state index contributed by atoms with van der Waals surface area (Å²) < 4.78 is 7.14. The molecule has 31 heavy (non-hydrogen) atoms.